The highest BCUT2D eigenvalue weighted by Gasteiger charge is 2.54. The standard InChI is InChI=1S/C20H16O15/c21-7-1-5(2-8(22)11(7)25)18(30)33-14-13(27)20(32)34-15(14)16(17(28)29)35-19(31)6-3-9(23)12(26)10(24)4-6/h1-4,13-16,21-27H,(H,28,29)/t13-,14-,15-,16+/m0/s1. The maximum Gasteiger partial charge on any atom is 0.349 e. The number of cyclic esters (lactones) is 1. The van der Waals surface area contributed by atoms with Gasteiger partial charge in [0.1, 0.15) is 0 Å². The Hall–Kier alpha value is -4.92. The van der Waals surface area contributed by atoms with Crippen molar-refractivity contribution in [2.75, 3.05) is 0 Å². The lowest BCUT2D eigenvalue weighted by molar-refractivity contribution is -0.162. The predicted octanol–water partition coefficient (Wildman–Crippen LogP) is -0.958. The first-order valence-corrected chi connectivity index (χ1v) is 9.35. The molecular weight excluding hydrogens is 480 g/mol. The van der Waals surface area contributed by atoms with Crippen LogP contribution in [0.2, 0.25) is 0 Å². The molecule has 3 rings (SSSR count). The summed E-state index contributed by atoms with van der Waals surface area (Å²) in [6.45, 7) is 0. The Kier molecular flexibility index (Phi) is 6.46. The molecule has 0 unspecified atom stereocenters. The van der Waals surface area contributed by atoms with E-state index in [4.69, 9.17) is 14.2 Å². The number of aliphatic hydroxyl groups excluding tert-OH is 1. The van der Waals surface area contributed by atoms with E-state index in [2.05, 4.69) is 0 Å². The minimum Gasteiger partial charge on any atom is -0.504 e. The molecule has 1 fully saturated rings. The molecule has 0 bridgehead atoms. The van der Waals surface area contributed by atoms with Crippen LogP contribution < -0.4 is 0 Å². The lowest BCUT2D eigenvalue weighted by Gasteiger charge is -2.24. The summed E-state index contributed by atoms with van der Waals surface area (Å²) in [5, 5.41) is 76.3. The molecule has 0 aliphatic carbocycles. The van der Waals surface area contributed by atoms with Crippen LogP contribution in [-0.4, -0.2) is 89.1 Å². The zero-order valence-corrected chi connectivity index (χ0v) is 17.1. The van der Waals surface area contributed by atoms with Crippen molar-refractivity contribution in [2.45, 2.75) is 24.4 Å². The van der Waals surface area contributed by atoms with Crippen molar-refractivity contribution in [3.05, 3.63) is 35.4 Å². The number of benzene rings is 2. The van der Waals surface area contributed by atoms with Crippen molar-refractivity contribution in [2.24, 2.45) is 0 Å². The first-order chi connectivity index (χ1) is 16.3. The molecule has 186 valence electrons. The third-order valence-electron chi connectivity index (χ3n) is 4.76. The lowest BCUT2D eigenvalue weighted by atomic mass is 10.0. The Morgan fingerprint density at radius 2 is 1.23 bits per heavy atom. The SMILES string of the molecule is O=C(O[C@@H]1[C@@H]([C@@H](OC(=O)c2cc(O)c(O)c(O)c2)C(=O)O)OC(=O)[C@H]1O)c1cc(O)c(O)c(O)c1. The first-order valence-electron chi connectivity index (χ1n) is 9.35. The second-order valence-corrected chi connectivity index (χ2v) is 7.11. The number of carboxylic acid groups (broad SMARTS) is 1. The number of aliphatic carboxylic acids is 1. The first kappa shape index (κ1) is 24.7. The van der Waals surface area contributed by atoms with Crippen LogP contribution >= 0.6 is 0 Å². The van der Waals surface area contributed by atoms with Gasteiger partial charge in [0.25, 0.3) is 0 Å². The molecule has 4 atom stereocenters. The molecule has 1 saturated heterocycles. The maximum absolute atomic E-state index is 12.4. The van der Waals surface area contributed by atoms with Crippen LogP contribution in [0, 0.1) is 0 Å². The zero-order valence-electron chi connectivity index (χ0n) is 17.1. The molecule has 1 aliphatic rings. The quantitative estimate of drug-likeness (QED) is 0.136. The van der Waals surface area contributed by atoms with E-state index in [1.807, 2.05) is 0 Å². The third-order valence-corrected chi connectivity index (χ3v) is 4.76. The van der Waals surface area contributed by atoms with Crippen LogP contribution in [0.4, 0.5) is 0 Å². The summed E-state index contributed by atoms with van der Waals surface area (Å²) >= 11 is 0. The second-order valence-electron chi connectivity index (χ2n) is 7.11. The van der Waals surface area contributed by atoms with E-state index in [-0.39, 0.29) is 0 Å². The number of aliphatic hydroxyl groups is 1. The van der Waals surface area contributed by atoms with Crippen LogP contribution in [0.15, 0.2) is 24.3 Å². The summed E-state index contributed by atoms with van der Waals surface area (Å²) in [7, 11) is 0. The van der Waals surface area contributed by atoms with E-state index in [0.29, 0.717) is 24.3 Å². The Balaban J connectivity index is 1.87. The van der Waals surface area contributed by atoms with Crippen molar-refractivity contribution >= 4 is 23.9 Å². The minimum atomic E-state index is -2.39. The zero-order chi connectivity index (χ0) is 26.2. The average molecular weight is 496 g/mol. The maximum atomic E-state index is 12.4. The van der Waals surface area contributed by atoms with Gasteiger partial charge < -0.3 is 55.1 Å². The number of hydrogen-bond acceptors (Lipinski definition) is 14. The topological polar surface area (TPSA) is 258 Å². The number of carbonyl (C=O) groups excluding carboxylic acids is 3. The Bertz CT molecular complexity index is 1170. The monoisotopic (exact) mass is 496 g/mol. The number of esters is 3. The van der Waals surface area contributed by atoms with Crippen molar-refractivity contribution < 1.29 is 74.2 Å². The lowest BCUT2D eigenvalue weighted by Crippen LogP contribution is -2.47. The summed E-state index contributed by atoms with van der Waals surface area (Å²) in [5.74, 6) is -11.9. The number of phenols is 6. The number of hydrogen-bond donors (Lipinski definition) is 8. The highest BCUT2D eigenvalue weighted by molar-refractivity contribution is 5.94. The van der Waals surface area contributed by atoms with Crippen LogP contribution in [0.3, 0.4) is 0 Å². The average Bonchev–Trinajstić information content (AvgIpc) is 3.06. The van der Waals surface area contributed by atoms with Gasteiger partial charge in [0.15, 0.2) is 52.8 Å². The number of carboxylic acids is 1. The number of aromatic hydroxyl groups is 6. The van der Waals surface area contributed by atoms with Gasteiger partial charge in [-0.1, -0.05) is 0 Å². The minimum absolute atomic E-state index is 0.581. The molecule has 0 saturated carbocycles. The largest absolute Gasteiger partial charge is 0.504 e. The molecule has 0 radical (unpaired) electrons. The summed E-state index contributed by atoms with van der Waals surface area (Å²) in [4.78, 5) is 48.4. The summed E-state index contributed by atoms with van der Waals surface area (Å²) in [6, 6.07) is 2.59. The molecule has 15 nitrogen and oxygen atoms in total. The molecule has 0 aromatic heterocycles. The van der Waals surface area contributed by atoms with E-state index in [1.165, 1.54) is 0 Å². The van der Waals surface area contributed by atoms with Gasteiger partial charge in [-0.3, -0.25) is 0 Å². The van der Waals surface area contributed by atoms with Gasteiger partial charge in [-0.25, -0.2) is 19.2 Å². The molecule has 0 amide bonds. The van der Waals surface area contributed by atoms with E-state index < -0.39 is 93.9 Å². The van der Waals surface area contributed by atoms with E-state index in [9.17, 15) is 60.0 Å². The highest BCUT2D eigenvalue weighted by Crippen LogP contribution is 2.37. The van der Waals surface area contributed by atoms with Gasteiger partial charge in [0, 0.05) is 0 Å². The molecule has 8 N–H and O–H groups in total. The van der Waals surface area contributed by atoms with Gasteiger partial charge in [-0.15, -0.1) is 0 Å². The molecule has 2 aromatic rings. The summed E-state index contributed by atoms with van der Waals surface area (Å²) in [6.07, 6.45) is -8.78. The van der Waals surface area contributed by atoms with Crippen molar-refractivity contribution in [1.82, 2.24) is 0 Å². The summed E-state index contributed by atoms with van der Waals surface area (Å²) in [5.41, 5.74) is -1.21. The molecular formula is C20H16O15. The normalized spacial score (nSPS) is 20.0. The highest BCUT2D eigenvalue weighted by atomic mass is 16.6. The molecule has 35 heavy (non-hydrogen) atoms. The molecule has 0 spiro atoms. The van der Waals surface area contributed by atoms with Crippen molar-refractivity contribution in [1.29, 1.82) is 0 Å². The van der Waals surface area contributed by atoms with E-state index >= 15 is 0 Å². The smallest absolute Gasteiger partial charge is 0.349 e. The van der Waals surface area contributed by atoms with E-state index in [1.54, 1.807) is 0 Å². The molecule has 1 aliphatic heterocycles. The Morgan fingerprint density at radius 1 is 0.800 bits per heavy atom. The van der Waals surface area contributed by atoms with Gasteiger partial charge >= 0.3 is 23.9 Å². The van der Waals surface area contributed by atoms with Gasteiger partial charge in [-0.05, 0) is 24.3 Å². The summed E-state index contributed by atoms with van der Waals surface area (Å²) < 4.78 is 14.4. The number of ether oxygens (including phenoxy) is 3. The van der Waals surface area contributed by atoms with Gasteiger partial charge in [0.05, 0.1) is 11.1 Å². The third kappa shape index (κ3) is 4.74. The Morgan fingerprint density at radius 3 is 1.66 bits per heavy atom. The molecule has 2 aromatic carbocycles. The van der Waals surface area contributed by atoms with Crippen LogP contribution in [0.5, 0.6) is 34.5 Å². The fourth-order valence-corrected chi connectivity index (χ4v) is 3.03. The van der Waals surface area contributed by atoms with E-state index in [0.717, 1.165) is 0 Å². The van der Waals surface area contributed by atoms with Crippen molar-refractivity contribution in [3.8, 4) is 34.5 Å². The Labute approximate surface area is 193 Å². The fraction of sp³-hybridized carbons (Fsp3) is 0.200. The van der Waals surface area contributed by atoms with Crippen molar-refractivity contribution in [3.63, 3.8) is 0 Å². The van der Waals surface area contributed by atoms with Crippen LogP contribution in [0.25, 0.3) is 0 Å². The number of carbonyl (C=O) groups is 4. The van der Waals surface area contributed by atoms with Gasteiger partial charge in [-0.2, -0.15) is 0 Å². The van der Waals surface area contributed by atoms with Gasteiger partial charge in [0.2, 0.25) is 6.10 Å². The molecule has 15 heteroatoms. The predicted molar refractivity (Wildman–Crippen MR) is 105 cm³/mol. The number of rotatable bonds is 6. The fourth-order valence-electron chi connectivity index (χ4n) is 3.03. The van der Waals surface area contributed by atoms with Crippen LogP contribution in [-0.2, 0) is 23.8 Å². The molecule has 1 heterocycles. The van der Waals surface area contributed by atoms with Crippen LogP contribution in [0.1, 0.15) is 20.7 Å². The number of phenolic OH excluding ortho intramolecular Hbond substituents is 6. The second kappa shape index (κ2) is 9.14.